The molecule has 0 atom stereocenters. The molecule has 0 spiro atoms. The second kappa shape index (κ2) is 5.53. The lowest BCUT2D eigenvalue weighted by Crippen LogP contribution is -2.50. The molecule has 1 aliphatic rings. The summed E-state index contributed by atoms with van der Waals surface area (Å²) >= 11 is 0. The minimum absolute atomic E-state index is 0.209. The summed E-state index contributed by atoms with van der Waals surface area (Å²) in [6.45, 7) is 6.56. The lowest BCUT2D eigenvalue weighted by molar-refractivity contribution is 0.176. The van der Waals surface area contributed by atoms with Gasteiger partial charge in [0, 0.05) is 32.1 Å². The Morgan fingerprint density at radius 1 is 1.32 bits per heavy atom. The number of nitrogens with zero attached hydrogens (tertiary/aromatic N) is 4. The van der Waals surface area contributed by atoms with Crippen LogP contribution in [-0.2, 0) is 16.8 Å². The van der Waals surface area contributed by atoms with Crippen LogP contribution in [0.3, 0.4) is 0 Å². The van der Waals surface area contributed by atoms with Crippen LogP contribution in [0.25, 0.3) is 0 Å². The van der Waals surface area contributed by atoms with Crippen molar-refractivity contribution in [2.45, 2.75) is 26.3 Å². The highest BCUT2D eigenvalue weighted by molar-refractivity contribution is 7.86. The molecule has 19 heavy (non-hydrogen) atoms. The maximum Gasteiger partial charge on any atom is 0.276 e. The molecule has 0 saturated carbocycles. The fraction of sp³-hybridized carbons (Fsp3) is 0.800. The molecule has 0 radical (unpaired) electrons. The molecule has 0 amide bonds. The van der Waals surface area contributed by atoms with E-state index in [2.05, 4.69) is 15.0 Å². The van der Waals surface area contributed by atoms with Crippen LogP contribution in [-0.4, -0.2) is 53.9 Å². The highest BCUT2D eigenvalue weighted by Gasteiger charge is 2.24. The molecule has 1 saturated heterocycles. The maximum absolute atomic E-state index is 11.2. The van der Waals surface area contributed by atoms with Crippen LogP contribution in [0.1, 0.15) is 31.5 Å². The Labute approximate surface area is 112 Å². The second-order valence-electron chi connectivity index (χ2n) is 4.92. The Bertz CT molecular complexity index is 519. The van der Waals surface area contributed by atoms with E-state index in [1.54, 1.807) is 0 Å². The molecule has 0 aromatic carbocycles. The Hall–Kier alpha value is -1.03. The second-order valence-corrected chi connectivity index (χ2v) is 6.47. The van der Waals surface area contributed by atoms with Crippen LogP contribution in [0.15, 0.2) is 4.52 Å². The van der Waals surface area contributed by atoms with Crippen molar-refractivity contribution in [1.82, 2.24) is 19.3 Å². The lowest BCUT2D eigenvalue weighted by atomic mass is 10.2. The van der Waals surface area contributed by atoms with Gasteiger partial charge in [0.15, 0.2) is 5.82 Å². The highest BCUT2D eigenvalue weighted by Crippen LogP contribution is 2.13. The number of rotatable bonds is 4. The average Bonchev–Trinajstić information content (AvgIpc) is 2.77. The Kier molecular flexibility index (Phi) is 4.19. The summed E-state index contributed by atoms with van der Waals surface area (Å²) in [5.41, 5.74) is 0. The molecule has 2 rings (SSSR count). The van der Waals surface area contributed by atoms with Crippen molar-refractivity contribution in [3.05, 3.63) is 11.7 Å². The SMILES string of the molecule is CC(C)c1nc(CN2CCN(S(N)(=O)=O)CC2)no1. The molecule has 2 N–H and O–H groups in total. The van der Waals surface area contributed by atoms with Gasteiger partial charge in [0.2, 0.25) is 5.89 Å². The zero-order valence-corrected chi connectivity index (χ0v) is 11.9. The van der Waals surface area contributed by atoms with Crippen molar-refractivity contribution in [2.24, 2.45) is 5.14 Å². The summed E-state index contributed by atoms with van der Waals surface area (Å²) in [5.74, 6) is 1.46. The van der Waals surface area contributed by atoms with E-state index in [4.69, 9.17) is 9.66 Å². The topological polar surface area (TPSA) is 106 Å². The van der Waals surface area contributed by atoms with Gasteiger partial charge < -0.3 is 4.52 Å². The molecular formula is C10H19N5O3S. The van der Waals surface area contributed by atoms with Gasteiger partial charge in [-0.3, -0.25) is 4.90 Å². The molecule has 1 aliphatic heterocycles. The number of hydrogen-bond acceptors (Lipinski definition) is 6. The largest absolute Gasteiger partial charge is 0.339 e. The minimum Gasteiger partial charge on any atom is -0.339 e. The maximum atomic E-state index is 11.2. The Morgan fingerprint density at radius 2 is 1.95 bits per heavy atom. The van der Waals surface area contributed by atoms with Crippen LogP contribution in [0.5, 0.6) is 0 Å². The summed E-state index contributed by atoms with van der Waals surface area (Å²) in [6, 6.07) is 0. The molecule has 8 nitrogen and oxygen atoms in total. The van der Waals surface area contributed by atoms with Crippen molar-refractivity contribution in [1.29, 1.82) is 0 Å². The van der Waals surface area contributed by atoms with Gasteiger partial charge in [0.25, 0.3) is 10.2 Å². The highest BCUT2D eigenvalue weighted by atomic mass is 32.2. The Balaban J connectivity index is 1.88. The van der Waals surface area contributed by atoms with Crippen LogP contribution in [0.4, 0.5) is 0 Å². The zero-order valence-electron chi connectivity index (χ0n) is 11.1. The monoisotopic (exact) mass is 289 g/mol. The molecule has 108 valence electrons. The van der Waals surface area contributed by atoms with E-state index in [9.17, 15) is 8.42 Å². The quantitative estimate of drug-likeness (QED) is 0.802. The molecule has 9 heteroatoms. The Morgan fingerprint density at radius 3 is 2.42 bits per heavy atom. The standard InChI is InChI=1S/C10H19N5O3S/c1-8(2)10-12-9(13-18-10)7-14-3-5-15(6-4-14)19(11,16)17/h8H,3-7H2,1-2H3,(H2,11,16,17). The zero-order chi connectivity index (χ0) is 14.0. The molecule has 0 unspecified atom stereocenters. The van der Waals surface area contributed by atoms with Crippen molar-refractivity contribution < 1.29 is 12.9 Å². The van der Waals surface area contributed by atoms with Gasteiger partial charge in [-0.15, -0.1) is 0 Å². The molecule has 1 aromatic rings. The van der Waals surface area contributed by atoms with E-state index in [0.717, 1.165) is 0 Å². The van der Waals surface area contributed by atoms with E-state index < -0.39 is 10.2 Å². The molecule has 1 aromatic heterocycles. The number of piperazine rings is 1. The fourth-order valence-corrected chi connectivity index (χ4v) is 2.58. The van der Waals surface area contributed by atoms with Gasteiger partial charge in [-0.1, -0.05) is 19.0 Å². The lowest BCUT2D eigenvalue weighted by Gasteiger charge is -2.31. The summed E-state index contributed by atoms with van der Waals surface area (Å²) in [6.07, 6.45) is 0. The number of aromatic nitrogens is 2. The van der Waals surface area contributed by atoms with Gasteiger partial charge in [0.1, 0.15) is 0 Å². The predicted octanol–water partition coefficient (Wildman–Crippen LogP) is -0.486. The average molecular weight is 289 g/mol. The van der Waals surface area contributed by atoms with Crippen molar-refractivity contribution >= 4 is 10.2 Å². The third kappa shape index (κ3) is 3.72. The number of nitrogens with two attached hydrogens (primary N) is 1. The van der Waals surface area contributed by atoms with E-state index in [-0.39, 0.29) is 5.92 Å². The molecular weight excluding hydrogens is 270 g/mol. The summed E-state index contributed by atoms with van der Waals surface area (Å²) < 4.78 is 28.8. The first-order valence-corrected chi connectivity index (χ1v) is 7.69. The third-order valence-corrected chi connectivity index (χ3v) is 4.12. The van der Waals surface area contributed by atoms with E-state index in [1.807, 2.05) is 13.8 Å². The fourth-order valence-electron chi connectivity index (χ4n) is 1.91. The van der Waals surface area contributed by atoms with E-state index in [1.165, 1.54) is 4.31 Å². The van der Waals surface area contributed by atoms with Crippen LogP contribution in [0, 0.1) is 0 Å². The normalized spacial score (nSPS) is 19.2. The summed E-state index contributed by atoms with van der Waals surface area (Å²) in [7, 11) is -3.57. The first-order valence-electron chi connectivity index (χ1n) is 6.19. The first-order chi connectivity index (χ1) is 8.86. The smallest absolute Gasteiger partial charge is 0.276 e. The minimum atomic E-state index is -3.57. The van der Waals surface area contributed by atoms with Crippen molar-refractivity contribution in [3.63, 3.8) is 0 Å². The van der Waals surface area contributed by atoms with E-state index >= 15 is 0 Å². The van der Waals surface area contributed by atoms with E-state index in [0.29, 0.717) is 44.4 Å². The van der Waals surface area contributed by atoms with Gasteiger partial charge in [-0.25, -0.2) is 5.14 Å². The van der Waals surface area contributed by atoms with Gasteiger partial charge in [-0.05, 0) is 0 Å². The third-order valence-electron chi connectivity index (χ3n) is 3.03. The number of hydrogen-bond donors (Lipinski definition) is 1. The molecule has 0 aliphatic carbocycles. The molecule has 2 heterocycles. The first kappa shape index (κ1) is 14.4. The van der Waals surface area contributed by atoms with Crippen molar-refractivity contribution in [2.75, 3.05) is 26.2 Å². The summed E-state index contributed by atoms with van der Waals surface area (Å²) in [4.78, 5) is 6.38. The van der Waals surface area contributed by atoms with Gasteiger partial charge in [-0.2, -0.15) is 17.7 Å². The van der Waals surface area contributed by atoms with Crippen molar-refractivity contribution in [3.8, 4) is 0 Å². The summed E-state index contributed by atoms with van der Waals surface area (Å²) in [5, 5.41) is 9.00. The van der Waals surface area contributed by atoms with Crippen LogP contribution in [0.2, 0.25) is 0 Å². The molecule has 0 bridgehead atoms. The molecule has 1 fully saturated rings. The van der Waals surface area contributed by atoms with Crippen LogP contribution < -0.4 is 5.14 Å². The van der Waals surface area contributed by atoms with Crippen LogP contribution >= 0.6 is 0 Å². The van der Waals surface area contributed by atoms with Gasteiger partial charge in [0.05, 0.1) is 6.54 Å². The van der Waals surface area contributed by atoms with Gasteiger partial charge >= 0.3 is 0 Å². The predicted molar refractivity (Wildman–Crippen MR) is 68.3 cm³/mol.